The number of hydrogen-bond donors (Lipinski definition) is 0. The van der Waals surface area contributed by atoms with Crippen LogP contribution < -0.4 is 0 Å². The third kappa shape index (κ3) is 5.84. The predicted molar refractivity (Wildman–Crippen MR) is 118 cm³/mol. The van der Waals surface area contributed by atoms with Crippen LogP contribution in [0.1, 0.15) is 0 Å². The van der Waals surface area contributed by atoms with Gasteiger partial charge in [0.05, 0.1) is 0 Å². The van der Waals surface area contributed by atoms with E-state index in [0.29, 0.717) is 0 Å². The lowest BCUT2D eigenvalue weighted by Crippen LogP contribution is -2.76. The summed E-state index contributed by atoms with van der Waals surface area (Å²) in [6.07, 6.45) is 0. The summed E-state index contributed by atoms with van der Waals surface area (Å²) >= 11 is 0. The molecule has 5 aliphatic heterocycles. The van der Waals surface area contributed by atoms with Crippen LogP contribution in [0.5, 0.6) is 0 Å². The summed E-state index contributed by atoms with van der Waals surface area (Å²) in [6, 6.07) is 0. The minimum atomic E-state index is -3.52. The number of hydrogen-bond acceptors (Lipinski definition) is 12. The second-order valence-corrected chi connectivity index (χ2v) is 28.9. The van der Waals surface area contributed by atoms with Gasteiger partial charge in [-0.3, -0.25) is 0 Å². The first-order valence-corrected chi connectivity index (χ1v) is 26.3. The van der Waals surface area contributed by atoms with Crippen LogP contribution >= 0.6 is 0 Å². The Morgan fingerprint density at radius 2 is 0.833 bits per heavy atom. The van der Waals surface area contributed by atoms with Gasteiger partial charge in [-0.1, -0.05) is 0 Å². The summed E-state index contributed by atoms with van der Waals surface area (Å²) in [6.45, 7) is 14.2. The van der Waals surface area contributed by atoms with E-state index in [2.05, 4.69) is 0 Å². The van der Waals surface area contributed by atoms with Gasteiger partial charge < -0.3 is 50.0 Å². The van der Waals surface area contributed by atoms with Crippen molar-refractivity contribution in [2.45, 2.75) is 52.4 Å². The molecule has 0 aromatic rings. The molecule has 0 amide bonds. The van der Waals surface area contributed by atoms with Crippen LogP contribution in [-0.2, 0) is 50.0 Å². The van der Waals surface area contributed by atoms with Crippen molar-refractivity contribution in [3.8, 4) is 0 Å². The quantitative estimate of drug-likeness (QED) is 0.447. The fourth-order valence-electron chi connectivity index (χ4n) is 3.56. The molecule has 174 valence electrons. The Balaban J connectivity index is 2.19. The van der Waals surface area contributed by atoms with Crippen LogP contribution in [0.3, 0.4) is 0 Å². The molecule has 5 fully saturated rings. The van der Waals surface area contributed by atoms with Crippen molar-refractivity contribution in [2.24, 2.45) is 0 Å². The van der Waals surface area contributed by atoms with Gasteiger partial charge in [0, 0.05) is 53.5 Å². The van der Waals surface area contributed by atoms with E-state index < -0.39 is 71.4 Å². The second kappa shape index (κ2) is 8.48. The van der Waals surface area contributed by atoms with Crippen LogP contribution in [0, 0.1) is 0 Å². The van der Waals surface area contributed by atoms with Gasteiger partial charge in [0.2, 0.25) is 0 Å². The van der Waals surface area contributed by atoms with Crippen LogP contribution in [-0.4, -0.2) is 85.6 Å². The average molecular weight is 567 g/mol. The summed E-state index contributed by atoms with van der Waals surface area (Å²) < 4.78 is 74.8. The molecule has 5 aliphatic rings. The maximum atomic E-state index is 6.46. The third-order valence-electron chi connectivity index (χ3n) is 4.28. The second-order valence-electron chi connectivity index (χ2n) is 7.59. The van der Waals surface area contributed by atoms with E-state index >= 15 is 0 Å². The maximum Gasteiger partial charge on any atom is 0.482 e. The summed E-state index contributed by atoms with van der Waals surface area (Å²) in [5.74, 6) is 0. The van der Waals surface area contributed by atoms with Gasteiger partial charge in [-0.05, 0) is 13.1 Å². The zero-order chi connectivity index (χ0) is 22.6. The molecule has 30 heavy (non-hydrogen) atoms. The van der Waals surface area contributed by atoms with Gasteiger partial charge >= 0.3 is 71.4 Å². The highest BCUT2D eigenvalue weighted by Crippen LogP contribution is 2.38. The van der Waals surface area contributed by atoms with Gasteiger partial charge in [-0.2, -0.15) is 0 Å². The average Bonchev–Trinajstić information content (AvgIpc) is 2.48. The molecule has 0 aromatic carbocycles. The van der Waals surface area contributed by atoms with Crippen molar-refractivity contribution in [3.63, 3.8) is 0 Å². The van der Waals surface area contributed by atoms with E-state index in [9.17, 15) is 0 Å². The molecule has 5 rings (SSSR count). The topological polar surface area (TPSA) is 111 Å². The van der Waals surface area contributed by atoms with Gasteiger partial charge in [0.1, 0.15) is 0 Å². The highest BCUT2D eigenvalue weighted by Gasteiger charge is 2.68. The Morgan fingerprint density at radius 3 is 1.33 bits per heavy atom. The van der Waals surface area contributed by atoms with Crippen LogP contribution in [0.2, 0.25) is 52.4 Å². The first kappa shape index (κ1) is 25.9. The Hall–Kier alpha value is 1.26. The third-order valence-corrected chi connectivity index (χ3v) is 34.1. The normalized spacial score (nSPS) is 51.8. The lowest BCUT2D eigenvalue weighted by Gasteiger charge is -2.51. The molecular formula is C10H30O12Si8. The van der Waals surface area contributed by atoms with Crippen molar-refractivity contribution in [2.75, 3.05) is 14.2 Å². The lowest BCUT2D eigenvalue weighted by molar-refractivity contribution is 0.0418. The van der Waals surface area contributed by atoms with Gasteiger partial charge in [-0.15, -0.1) is 0 Å². The van der Waals surface area contributed by atoms with E-state index in [4.69, 9.17) is 50.0 Å². The Morgan fingerprint density at radius 1 is 0.467 bits per heavy atom. The number of rotatable bonds is 2. The molecule has 5 heterocycles. The van der Waals surface area contributed by atoms with Crippen LogP contribution in [0.25, 0.3) is 0 Å². The molecule has 0 N–H and O–H groups in total. The first-order chi connectivity index (χ1) is 13.6. The number of fused-ring (bicyclic) bond motifs is 4. The highest BCUT2D eigenvalue weighted by atomic mass is 28.6. The standard InChI is InChI=1S/C10H30O12Si8/c1-11-25(5)13-23(3)14-27(7)15-24(4)16-28(8)21-29(9,17-25)18-26(6,12-2)19-30(10,20-27)22-28/h1-10H3/t25?,26?,27-,28?,29?,30-/m0/s1. The summed E-state index contributed by atoms with van der Waals surface area (Å²) in [4.78, 5) is 0. The fraction of sp³-hybridized carbons (Fsp3) is 1.00. The monoisotopic (exact) mass is 566 g/mol. The van der Waals surface area contributed by atoms with Crippen molar-refractivity contribution in [1.82, 2.24) is 0 Å². The molecule has 0 aromatic heterocycles. The van der Waals surface area contributed by atoms with E-state index in [1.54, 1.807) is 39.3 Å². The largest absolute Gasteiger partial charge is 0.482 e. The van der Waals surface area contributed by atoms with Gasteiger partial charge in [-0.25, -0.2) is 0 Å². The zero-order valence-corrected chi connectivity index (χ0v) is 26.9. The summed E-state index contributed by atoms with van der Waals surface area (Å²) in [5.41, 5.74) is 0. The smallest absolute Gasteiger partial charge is 0.394 e. The lowest BCUT2D eigenvalue weighted by atomic mass is 11.8. The molecule has 12 nitrogen and oxygen atoms in total. The molecule has 4 bridgehead atoms. The molecule has 0 spiro atoms. The molecule has 5 saturated heterocycles. The van der Waals surface area contributed by atoms with Gasteiger partial charge in [0.25, 0.3) is 0 Å². The summed E-state index contributed by atoms with van der Waals surface area (Å²) in [5, 5.41) is 0. The minimum Gasteiger partial charge on any atom is -0.394 e. The van der Waals surface area contributed by atoms with E-state index in [1.165, 1.54) is 14.2 Å². The van der Waals surface area contributed by atoms with Gasteiger partial charge in [0.15, 0.2) is 0 Å². The molecule has 0 saturated carbocycles. The van der Waals surface area contributed by atoms with E-state index in [0.717, 1.165) is 0 Å². The Kier molecular flexibility index (Phi) is 7.31. The Labute approximate surface area is 187 Å². The first-order valence-electron chi connectivity index (χ1n) is 9.31. The Bertz CT molecular complexity index is 660. The molecule has 4 unspecified atom stereocenters. The van der Waals surface area contributed by atoms with E-state index in [-0.39, 0.29) is 0 Å². The van der Waals surface area contributed by atoms with Crippen LogP contribution in [0.4, 0.5) is 0 Å². The van der Waals surface area contributed by atoms with Crippen LogP contribution in [0.15, 0.2) is 0 Å². The zero-order valence-electron chi connectivity index (χ0n) is 18.9. The summed E-state index contributed by atoms with van der Waals surface area (Å²) in [7, 11) is -20.9. The van der Waals surface area contributed by atoms with Crippen molar-refractivity contribution < 1.29 is 50.0 Å². The van der Waals surface area contributed by atoms with E-state index in [1.807, 2.05) is 13.1 Å². The molecule has 2 radical (unpaired) electrons. The predicted octanol–water partition coefficient (Wildman–Crippen LogP) is 1.13. The molecule has 20 heteroatoms. The highest BCUT2D eigenvalue weighted by molar-refractivity contribution is 6.94. The fourth-order valence-corrected chi connectivity index (χ4v) is 38.1. The maximum absolute atomic E-state index is 6.46. The van der Waals surface area contributed by atoms with Crippen molar-refractivity contribution >= 4 is 71.4 Å². The SMILES string of the molecule is CO[Si]1(C)O[Si](C)O[Si@@]2(C)O[Si](C)O[Si]3(C)O[Si](C)(O1)O[Si](C)(OC)O[Si@](C)(O3)O2. The van der Waals surface area contributed by atoms with Crippen molar-refractivity contribution in [3.05, 3.63) is 0 Å². The van der Waals surface area contributed by atoms with Crippen molar-refractivity contribution in [1.29, 1.82) is 0 Å². The minimum absolute atomic E-state index is 1.51. The molecule has 6 atom stereocenters. The molecule has 0 aliphatic carbocycles. The molecular weight excluding hydrogens is 537 g/mol.